The number of benzene rings is 2. The van der Waals surface area contributed by atoms with Crippen LogP contribution in [0.5, 0.6) is 0 Å². The zero-order valence-corrected chi connectivity index (χ0v) is 16.5. The Balaban J connectivity index is 1.53. The Morgan fingerprint density at radius 2 is 1.68 bits per heavy atom. The van der Waals surface area contributed by atoms with Gasteiger partial charge in [0.2, 0.25) is 0 Å². The second-order valence-corrected chi connectivity index (χ2v) is 7.30. The number of carbonyl (C=O) groups is 2. The third-order valence-corrected chi connectivity index (χ3v) is 5.20. The van der Waals surface area contributed by atoms with Crippen molar-refractivity contribution >= 4 is 11.8 Å². The molecule has 4 nitrogen and oxygen atoms in total. The monoisotopic (exact) mass is 376 g/mol. The fourth-order valence-electron chi connectivity index (χ4n) is 3.46. The number of amides is 2. The lowest BCUT2D eigenvalue weighted by molar-refractivity contribution is 0.0950. The summed E-state index contributed by atoms with van der Waals surface area (Å²) >= 11 is 0. The van der Waals surface area contributed by atoms with E-state index in [1.165, 1.54) is 18.4 Å². The summed E-state index contributed by atoms with van der Waals surface area (Å²) in [6.45, 7) is 3.13. The van der Waals surface area contributed by atoms with E-state index in [0.717, 1.165) is 30.4 Å². The van der Waals surface area contributed by atoms with Crippen molar-refractivity contribution in [1.29, 1.82) is 0 Å². The van der Waals surface area contributed by atoms with E-state index in [0.29, 0.717) is 24.2 Å². The predicted molar refractivity (Wildman–Crippen MR) is 112 cm³/mol. The maximum Gasteiger partial charge on any atom is 0.251 e. The minimum absolute atomic E-state index is 0.134. The van der Waals surface area contributed by atoms with Crippen molar-refractivity contribution in [1.82, 2.24) is 10.6 Å². The molecule has 2 aromatic carbocycles. The first-order chi connectivity index (χ1) is 13.6. The summed E-state index contributed by atoms with van der Waals surface area (Å²) in [5, 5.41) is 5.90. The smallest absolute Gasteiger partial charge is 0.251 e. The van der Waals surface area contributed by atoms with Gasteiger partial charge in [-0.05, 0) is 68.4 Å². The van der Waals surface area contributed by atoms with Crippen LogP contribution in [-0.4, -0.2) is 18.4 Å². The van der Waals surface area contributed by atoms with Gasteiger partial charge in [-0.25, -0.2) is 0 Å². The number of nitrogens with one attached hydrogen (secondary N) is 2. The molecule has 0 heterocycles. The quantitative estimate of drug-likeness (QED) is 0.697. The molecular weight excluding hydrogens is 348 g/mol. The zero-order chi connectivity index (χ0) is 19.8. The second-order valence-electron chi connectivity index (χ2n) is 7.30. The average Bonchev–Trinajstić information content (AvgIpc) is 2.74. The van der Waals surface area contributed by atoms with E-state index in [9.17, 15) is 9.59 Å². The van der Waals surface area contributed by atoms with Gasteiger partial charge in [-0.1, -0.05) is 42.0 Å². The number of carbonyl (C=O) groups excluding carboxylic acids is 2. The van der Waals surface area contributed by atoms with Crippen LogP contribution in [0.15, 0.2) is 60.2 Å². The van der Waals surface area contributed by atoms with Gasteiger partial charge in [0.15, 0.2) is 0 Å². The highest BCUT2D eigenvalue weighted by atomic mass is 16.2. The Morgan fingerprint density at radius 3 is 2.39 bits per heavy atom. The van der Waals surface area contributed by atoms with Gasteiger partial charge in [0.25, 0.3) is 11.8 Å². The minimum Gasteiger partial charge on any atom is -0.352 e. The highest BCUT2D eigenvalue weighted by Gasteiger charge is 2.11. The molecule has 0 spiro atoms. The Labute approximate surface area is 167 Å². The molecule has 28 heavy (non-hydrogen) atoms. The first-order valence-electron chi connectivity index (χ1n) is 10.0. The van der Waals surface area contributed by atoms with Crippen LogP contribution in [0.1, 0.15) is 63.9 Å². The van der Waals surface area contributed by atoms with Gasteiger partial charge >= 0.3 is 0 Å². The molecule has 0 fully saturated rings. The molecule has 0 atom stereocenters. The molecule has 2 amide bonds. The van der Waals surface area contributed by atoms with Gasteiger partial charge in [0, 0.05) is 24.2 Å². The first-order valence-corrected chi connectivity index (χ1v) is 10.0. The van der Waals surface area contributed by atoms with Crippen LogP contribution in [-0.2, 0) is 6.54 Å². The molecule has 0 aliphatic heterocycles. The van der Waals surface area contributed by atoms with Crippen molar-refractivity contribution in [2.45, 2.75) is 45.6 Å². The fraction of sp³-hybridized carbons (Fsp3) is 0.333. The Morgan fingerprint density at radius 1 is 0.929 bits per heavy atom. The number of aryl methyl sites for hydroxylation is 1. The topological polar surface area (TPSA) is 58.2 Å². The molecule has 0 saturated carbocycles. The van der Waals surface area contributed by atoms with E-state index in [-0.39, 0.29) is 11.8 Å². The van der Waals surface area contributed by atoms with Crippen molar-refractivity contribution in [2.24, 2.45) is 0 Å². The van der Waals surface area contributed by atoms with Gasteiger partial charge in [0.1, 0.15) is 0 Å². The molecule has 1 aliphatic carbocycles. The largest absolute Gasteiger partial charge is 0.352 e. The average molecular weight is 377 g/mol. The molecular formula is C24H28N2O2. The summed E-state index contributed by atoms with van der Waals surface area (Å²) in [6.07, 6.45) is 8.03. The third-order valence-electron chi connectivity index (χ3n) is 5.20. The maximum absolute atomic E-state index is 12.5. The molecule has 0 saturated heterocycles. The summed E-state index contributed by atoms with van der Waals surface area (Å²) in [5.41, 5.74) is 4.68. The van der Waals surface area contributed by atoms with E-state index in [1.54, 1.807) is 24.3 Å². The molecule has 0 bridgehead atoms. The van der Waals surface area contributed by atoms with Gasteiger partial charge in [-0.15, -0.1) is 0 Å². The van der Waals surface area contributed by atoms with Crippen LogP contribution in [0.3, 0.4) is 0 Å². The molecule has 4 heteroatoms. The van der Waals surface area contributed by atoms with E-state index in [1.807, 2.05) is 31.2 Å². The Bertz CT molecular complexity index is 870. The van der Waals surface area contributed by atoms with Crippen LogP contribution < -0.4 is 10.6 Å². The van der Waals surface area contributed by atoms with Crippen molar-refractivity contribution < 1.29 is 9.59 Å². The standard InChI is InChI=1S/C24H28N2O2/c1-18-8-5-6-11-22(18)17-26-24(28)21-13-7-12-20(16-21)23(27)25-15-14-19-9-3-2-4-10-19/h5-9,11-13,16H,2-4,10,14-15,17H2,1H3,(H,25,27)(H,26,28). The SMILES string of the molecule is Cc1ccccc1CNC(=O)c1cccc(C(=O)NCCC2=CCCCC2)c1. The first kappa shape index (κ1) is 19.9. The van der Waals surface area contributed by atoms with Crippen LogP contribution in [0.2, 0.25) is 0 Å². The number of allylic oxidation sites excluding steroid dienone is 1. The van der Waals surface area contributed by atoms with Gasteiger partial charge in [0.05, 0.1) is 0 Å². The van der Waals surface area contributed by atoms with Gasteiger partial charge in [-0.3, -0.25) is 9.59 Å². The molecule has 1 aliphatic rings. The van der Waals surface area contributed by atoms with Crippen LogP contribution >= 0.6 is 0 Å². The summed E-state index contributed by atoms with van der Waals surface area (Å²) < 4.78 is 0. The molecule has 2 aromatic rings. The summed E-state index contributed by atoms with van der Waals surface area (Å²) in [6, 6.07) is 14.8. The fourth-order valence-corrected chi connectivity index (χ4v) is 3.46. The third kappa shape index (κ3) is 5.56. The van der Waals surface area contributed by atoms with Crippen molar-refractivity contribution in [2.75, 3.05) is 6.54 Å². The lowest BCUT2D eigenvalue weighted by atomic mass is 9.97. The highest BCUT2D eigenvalue weighted by Crippen LogP contribution is 2.19. The van der Waals surface area contributed by atoms with Crippen molar-refractivity contribution in [3.8, 4) is 0 Å². The van der Waals surface area contributed by atoms with E-state index in [2.05, 4.69) is 16.7 Å². The maximum atomic E-state index is 12.5. The van der Waals surface area contributed by atoms with Gasteiger partial charge in [-0.2, -0.15) is 0 Å². The lowest BCUT2D eigenvalue weighted by Crippen LogP contribution is -2.26. The van der Waals surface area contributed by atoms with Crippen LogP contribution in [0.4, 0.5) is 0 Å². The summed E-state index contributed by atoms with van der Waals surface area (Å²) in [5.74, 6) is -0.310. The number of hydrogen-bond acceptors (Lipinski definition) is 2. The summed E-state index contributed by atoms with van der Waals surface area (Å²) in [7, 11) is 0. The highest BCUT2D eigenvalue weighted by molar-refractivity contribution is 5.99. The number of hydrogen-bond donors (Lipinski definition) is 2. The second kappa shape index (κ2) is 9.88. The van der Waals surface area contributed by atoms with Gasteiger partial charge < -0.3 is 10.6 Å². The van der Waals surface area contributed by atoms with E-state index >= 15 is 0 Å². The van der Waals surface area contributed by atoms with Crippen molar-refractivity contribution in [3.05, 3.63) is 82.4 Å². The number of rotatable bonds is 7. The van der Waals surface area contributed by atoms with Crippen molar-refractivity contribution in [3.63, 3.8) is 0 Å². The normalized spacial score (nSPS) is 13.5. The van der Waals surface area contributed by atoms with Crippen LogP contribution in [0.25, 0.3) is 0 Å². The minimum atomic E-state index is -0.176. The Kier molecular flexibility index (Phi) is 7.01. The molecule has 2 N–H and O–H groups in total. The molecule has 0 radical (unpaired) electrons. The molecule has 0 unspecified atom stereocenters. The van der Waals surface area contributed by atoms with Crippen LogP contribution in [0, 0.1) is 6.92 Å². The van der Waals surface area contributed by atoms with E-state index in [4.69, 9.17) is 0 Å². The molecule has 3 rings (SSSR count). The molecule has 146 valence electrons. The zero-order valence-electron chi connectivity index (χ0n) is 16.5. The lowest BCUT2D eigenvalue weighted by Gasteiger charge is -2.13. The van der Waals surface area contributed by atoms with E-state index < -0.39 is 0 Å². The Hall–Kier alpha value is -2.88. The molecule has 0 aromatic heterocycles. The summed E-state index contributed by atoms with van der Waals surface area (Å²) in [4.78, 5) is 24.9. The predicted octanol–water partition coefficient (Wildman–Crippen LogP) is 4.55.